The van der Waals surface area contributed by atoms with Crippen LogP contribution in [0.4, 0.5) is 4.79 Å². The van der Waals surface area contributed by atoms with Crippen molar-refractivity contribution in [2.75, 3.05) is 6.54 Å². The third-order valence-electron chi connectivity index (χ3n) is 3.41. The maximum atomic E-state index is 11.9. The molecule has 3 rings (SSSR count). The Labute approximate surface area is 95.9 Å². The number of nitrogens with zero attached hydrogens (tertiary/aromatic N) is 1. The van der Waals surface area contributed by atoms with Crippen molar-refractivity contribution in [1.82, 2.24) is 4.90 Å². The molecule has 2 heterocycles. The summed E-state index contributed by atoms with van der Waals surface area (Å²) in [5, 5.41) is 0. The van der Waals surface area contributed by atoms with Crippen LogP contribution in [0.1, 0.15) is 33.6 Å². The lowest BCUT2D eigenvalue weighted by Crippen LogP contribution is -2.59. The van der Waals surface area contributed by atoms with E-state index < -0.39 is 5.60 Å². The highest BCUT2D eigenvalue weighted by atomic mass is 16.6. The van der Waals surface area contributed by atoms with Crippen LogP contribution in [0.25, 0.3) is 0 Å². The van der Waals surface area contributed by atoms with E-state index in [2.05, 4.69) is 0 Å². The third-order valence-corrected chi connectivity index (χ3v) is 3.41. The molecule has 2 saturated heterocycles. The van der Waals surface area contributed by atoms with Crippen molar-refractivity contribution in [3.8, 4) is 0 Å². The van der Waals surface area contributed by atoms with Crippen molar-refractivity contribution in [1.29, 1.82) is 0 Å². The summed E-state index contributed by atoms with van der Waals surface area (Å²) < 4.78 is 5.34. The first-order valence-corrected chi connectivity index (χ1v) is 5.85. The van der Waals surface area contributed by atoms with Gasteiger partial charge >= 0.3 is 6.09 Å². The van der Waals surface area contributed by atoms with Crippen LogP contribution in [-0.2, 0) is 9.53 Å². The molecule has 4 heteroatoms. The average molecular weight is 225 g/mol. The molecule has 1 atom stereocenters. The highest BCUT2D eigenvalue weighted by Crippen LogP contribution is 2.42. The first-order chi connectivity index (χ1) is 7.40. The maximum absolute atomic E-state index is 11.9. The minimum atomic E-state index is -0.464. The van der Waals surface area contributed by atoms with Crippen LogP contribution < -0.4 is 0 Å². The van der Waals surface area contributed by atoms with Gasteiger partial charge in [-0.25, -0.2) is 4.79 Å². The Balaban J connectivity index is 1.99. The zero-order valence-electron chi connectivity index (χ0n) is 10.1. The van der Waals surface area contributed by atoms with Gasteiger partial charge in [-0.3, -0.25) is 0 Å². The number of rotatable bonds is 1. The van der Waals surface area contributed by atoms with E-state index in [1.54, 1.807) is 4.90 Å². The topological polar surface area (TPSA) is 46.6 Å². The standard InChI is InChI=1S/C12H19NO3/c1-12(2,3)16-11(15)13-6-9(7-14)8-4-10(13)5-8/h7-10H,4-6H2,1-3H3. The van der Waals surface area contributed by atoms with Crippen molar-refractivity contribution in [2.24, 2.45) is 11.8 Å². The molecule has 0 radical (unpaired) electrons. The molecule has 4 nitrogen and oxygen atoms in total. The van der Waals surface area contributed by atoms with Crippen LogP contribution >= 0.6 is 0 Å². The first-order valence-electron chi connectivity index (χ1n) is 5.85. The summed E-state index contributed by atoms with van der Waals surface area (Å²) in [6.45, 7) is 6.11. The molecular weight excluding hydrogens is 206 g/mol. The van der Waals surface area contributed by atoms with Gasteiger partial charge in [0.25, 0.3) is 0 Å². The Morgan fingerprint density at radius 1 is 1.38 bits per heavy atom. The minimum absolute atomic E-state index is 0.0116. The van der Waals surface area contributed by atoms with Crippen LogP contribution in [0.3, 0.4) is 0 Å². The molecule has 1 amide bonds. The van der Waals surface area contributed by atoms with E-state index in [4.69, 9.17) is 4.74 Å². The molecule has 0 N–H and O–H groups in total. The highest BCUT2D eigenvalue weighted by Gasteiger charge is 2.47. The van der Waals surface area contributed by atoms with Crippen molar-refractivity contribution in [2.45, 2.75) is 45.3 Å². The van der Waals surface area contributed by atoms with Gasteiger partial charge in [0.2, 0.25) is 0 Å². The molecule has 1 unspecified atom stereocenters. The van der Waals surface area contributed by atoms with Crippen molar-refractivity contribution in [3.63, 3.8) is 0 Å². The fraction of sp³-hybridized carbons (Fsp3) is 0.833. The van der Waals surface area contributed by atoms with Crippen molar-refractivity contribution in [3.05, 3.63) is 0 Å². The Bertz CT molecular complexity index is 302. The molecular formula is C12H19NO3. The van der Waals surface area contributed by atoms with Gasteiger partial charge in [-0.2, -0.15) is 0 Å². The fourth-order valence-corrected chi connectivity index (χ4v) is 2.46. The molecule has 0 spiro atoms. The highest BCUT2D eigenvalue weighted by molar-refractivity contribution is 5.70. The summed E-state index contributed by atoms with van der Waals surface area (Å²) in [5.74, 6) is 0.513. The van der Waals surface area contributed by atoms with Gasteiger partial charge < -0.3 is 14.4 Å². The van der Waals surface area contributed by atoms with Crippen LogP contribution in [0.15, 0.2) is 0 Å². The number of aldehydes is 1. The Kier molecular flexibility index (Phi) is 2.68. The normalized spacial score (nSPS) is 32.9. The maximum Gasteiger partial charge on any atom is 0.410 e. The van der Waals surface area contributed by atoms with E-state index >= 15 is 0 Å². The first kappa shape index (κ1) is 11.4. The van der Waals surface area contributed by atoms with Crippen molar-refractivity contribution >= 4 is 12.4 Å². The van der Waals surface area contributed by atoms with E-state index in [0.29, 0.717) is 18.5 Å². The zero-order chi connectivity index (χ0) is 11.9. The van der Waals surface area contributed by atoms with E-state index in [9.17, 15) is 9.59 Å². The predicted molar refractivity (Wildman–Crippen MR) is 59.0 cm³/mol. The molecule has 0 aromatic heterocycles. The van der Waals surface area contributed by atoms with Crippen LogP contribution in [0, 0.1) is 11.8 Å². The van der Waals surface area contributed by atoms with E-state index in [-0.39, 0.29) is 12.0 Å². The van der Waals surface area contributed by atoms with Gasteiger partial charge in [0, 0.05) is 18.5 Å². The predicted octanol–water partition coefficient (Wildman–Crippen LogP) is 1.83. The van der Waals surface area contributed by atoms with E-state index in [1.807, 2.05) is 20.8 Å². The van der Waals surface area contributed by atoms with Gasteiger partial charge in [0.15, 0.2) is 0 Å². The number of ether oxygens (including phenoxy) is 1. The van der Waals surface area contributed by atoms with Crippen LogP contribution in [-0.4, -0.2) is 35.5 Å². The summed E-state index contributed by atoms with van der Waals surface area (Å²) >= 11 is 0. The lowest BCUT2D eigenvalue weighted by atomic mass is 9.68. The van der Waals surface area contributed by atoms with Crippen molar-refractivity contribution < 1.29 is 14.3 Å². The minimum Gasteiger partial charge on any atom is -0.444 e. The fourth-order valence-electron chi connectivity index (χ4n) is 2.46. The van der Waals surface area contributed by atoms with Gasteiger partial charge in [-0.15, -0.1) is 0 Å². The summed E-state index contributed by atoms with van der Waals surface area (Å²) in [6.07, 6.45) is 2.63. The lowest BCUT2D eigenvalue weighted by molar-refractivity contribution is -0.120. The monoisotopic (exact) mass is 225 g/mol. The molecule has 90 valence electrons. The van der Waals surface area contributed by atoms with Gasteiger partial charge in [-0.1, -0.05) is 0 Å². The molecule has 0 aromatic rings. The molecule has 1 saturated carbocycles. The number of hydrogen-bond donors (Lipinski definition) is 0. The number of fused-ring (bicyclic) bond motifs is 2. The molecule has 3 aliphatic rings. The second-order valence-corrected chi connectivity index (χ2v) is 5.82. The Morgan fingerprint density at radius 3 is 2.50 bits per heavy atom. The largest absolute Gasteiger partial charge is 0.444 e. The SMILES string of the molecule is CC(C)(C)OC(=O)N1CC(C=O)C2CC1C2. The van der Waals surface area contributed by atoms with Crippen LogP contribution in [0.5, 0.6) is 0 Å². The number of piperidine rings is 2. The summed E-state index contributed by atoms with van der Waals surface area (Å²) in [7, 11) is 0. The van der Waals surface area contributed by atoms with Crippen LogP contribution in [0.2, 0.25) is 0 Å². The smallest absolute Gasteiger partial charge is 0.410 e. The molecule has 3 fully saturated rings. The number of carbonyl (C=O) groups is 2. The lowest BCUT2D eigenvalue weighted by Gasteiger charge is -2.51. The van der Waals surface area contributed by atoms with E-state index in [1.165, 1.54) is 0 Å². The Hall–Kier alpha value is -1.06. The number of hydrogen-bond acceptors (Lipinski definition) is 3. The van der Waals surface area contributed by atoms with Gasteiger partial charge in [-0.05, 0) is 39.5 Å². The van der Waals surface area contributed by atoms with Gasteiger partial charge in [0.1, 0.15) is 11.9 Å². The number of carbonyl (C=O) groups excluding carboxylic acids is 2. The van der Waals surface area contributed by atoms with Gasteiger partial charge in [0.05, 0.1) is 0 Å². The number of amides is 1. The quantitative estimate of drug-likeness (QED) is 0.640. The molecule has 1 aliphatic carbocycles. The molecule has 2 bridgehead atoms. The average Bonchev–Trinajstić information content (AvgIpc) is 2.12. The second kappa shape index (κ2) is 3.75. The zero-order valence-corrected chi connectivity index (χ0v) is 10.1. The Morgan fingerprint density at radius 2 is 2.00 bits per heavy atom. The molecule has 0 aromatic carbocycles. The second-order valence-electron chi connectivity index (χ2n) is 5.82. The summed E-state index contributed by atoms with van der Waals surface area (Å²) in [6, 6.07) is 0.302. The molecule has 16 heavy (non-hydrogen) atoms. The summed E-state index contributed by atoms with van der Waals surface area (Å²) in [4.78, 5) is 24.5. The van der Waals surface area contributed by atoms with E-state index in [0.717, 1.165) is 19.1 Å². The molecule has 2 aliphatic heterocycles. The summed E-state index contributed by atoms with van der Waals surface area (Å²) in [5.41, 5.74) is -0.464. The third kappa shape index (κ3) is 2.06.